The number of carbonyl (C=O) groups is 1. The lowest BCUT2D eigenvalue weighted by molar-refractivity contribution is -0.212. The van der Waals surface area contributed by atoms with E-state index in [1.165, 1.54) is 18.3 Å². The molecule has 5 rings (SSSR count). The Morgan fingerprint density at radius 2 is 1.84 bits per heavy atom. The highest BCUT2D eigenvalue weighted by molar-refractivity contribution is 6.30. The Kier molecular flexibility index (Phi) is 9.23. The van der Waals surface area contributed by atoms with Gasteiger partial charge in [0.1, 0.15) is 41.8 Å². The van der Waals surface area contributed by atoms with Gasteiger partial charge in [-0.05, 0) is 45.7 Å². The van der Waals surface area contributed by atoms with Crippen molar-refractivity contribution in [3.05, 3.63) is 35.0 Å². The van der Waals surface area contributed by atoms with Crippen molar-refractivity contribution in [2.75, 3.05) is 19.7 Å². The summed E-state index contributed by atoms with van der Waals surface area (Å²) in [7, 11) is 0. The van der Waals surface area contributed by atoms with E-state index in [2.05, 4.69) is 15.5 Å². The maximum Gasteiger partial charge on any atom is 0.410 e. The lowest BCUT2D eigenvalue weighted by atomic mass is 9.86. The van der Waals surface area contributed by atoms with Crippen LogP contribution in [-0.2, 0) is 14.3 Å². The monoisotopic (exact) mass is 627 g/mol. The average Bonchev–Trinajstić information content (AvgIpc) is 3.63. The number of oxime groups is 1. The van der Waals surface area contributed by atoms with Gasteiger partial charge in [0, 0.05) is 37.4 Å². The van der Waals surface area contributed by atoms with E-state index in [4.69, 9.17) is 25.9 Å². The van der Waals surface area contributed by atoms with Crippen LogP contribution in [0.5, 0.6) is 0 Å². The number of benzene rings is 1. The predicted octanol–water partition coefficient (Wildman–Crippen LogP) is 3.08. The average molecular weight is 628 g/mol. The van der Waals surface area contributed by atoms with Crippen LogP contribution in [0.4, 0.5) is 13.6 Å². The Bertz CT molecular complexity index is 1350. The molecule has 15 heteroatoms. The minimum absolute atomic E-state index is 0.0362. The number of aromatic nitrogens is 3. The summed E-state index contributed by atoms with van der Waals surface area (Å²) in [6.07, 6.45) is -2.01. The number of nitrogens with zero attached hydrogens (tertiary/aromatic N) is 5. The molecule has 3 N–H and O–H groups in total. The summed E-state index contributed by atoms with van der Waals surface area (Å²) in [6.45, 7) is 6.03. The number of rotatable bonds is 6. The third-order valence-electron chi connectivity index (χ3n) is 7.99. The van der Waals surface area contributed by atoms with E-state index in [1.54, 1.807) is 4.90 Å². The van der Waals surface area contributed by atoms with Gasteiger partial charge in [-0.2, -0.15) is 0 Å². The summed E-state index contributed by atoms with van der Waals surface area (Å²) in [5.74, 6) is -2.30. The molecule has 1 unspecified atom stereocenters. The Balaban J connectivity index is 1.22. The van der Waals surface area contributed by atoms with Gasteiger partial charge in [-0.1, -0.05) is 22.0 Å². The number of hydrogen-bond donors (Lipinski definition) is 3. The zero-order valence-corrected chi connectivity index (χ0v) is 24.8. The molecule has 1 aromatic carbocycles. The van der Waals surface area contributed by atoms with Crippen LogP contribution in [0.3, 0.4) is 0 Å². The topological polar surface area (TPSA) is 152 Å². The first-order valence-electron chi connectivity index (χ1n) is 14.2. The summed E-state index contributed by atoms with van der Waals surface area (Å²) in [4.78, 5) is 19.8. The van der Waals surface area contributed by atoms with Crippen LogP contribution < -0.4 is 0 Å². The van der Waals surface area contributed by atoms with E-state index < -0.39 is 60.4 Å². The second-order valence-electron chi connectivity index (χ2n) is 12.2. The van der Waals surface area contributed by atoms with Gasteiger partial charge < -0.3 is 34.5 Å². The van der Waals surface area contributed by atoms with Crippen LogP contribution >= 0.6 is 11.6 Å². The summed E-state index contributed by atoms with van der Waals surface area (Å²) >= 11 is 5.65. The summed E-state index contributed by atoms with van der Waals surface area (Å²) in [5.41, 5.74) is 0.0730. The van der Waals surface area contributed by atoms with Crippen molar-refractivity contribution < 1.29 is 43.2 Å². The van der Waals surface area contributed by atoms with Crippen molar-refractivity contribution in [3.63, 3.8) is 0 Å². The standard InChI is InChI=1S/C28H36ClF2N5O7/c1-28(2,3)42-27(40)35-8-6-14(7-9-35)18-10-15(43-33-18)11-20-25(38)24(26(39)21(13-37)41-20)36-12-19(32-34-36)16-4-5-17(29)23(31)22(16)30/h4-5,12,14-15,20-21,24-26,37-39H,6-11,13H2,1-3H3/t15?,20-,21-,24-,25+,26+/m1/s1. The first-order valence-corrected chi connectivity index (χ1v) is 14.6. The number of amides is 1. The molecule has 4 heterocycles. The highest BCUT2D eigenvalue weighted by atomic mass is 35.5. The number of ether oxygens (including phenoxy) is 2. The largest absolute Gasteiger partial charge is 0.444 e. The molecule has 6 atom stereocenters. The van der Waals surface area contributed by atoms with Crippen molar-refractivity contribution in [1.82, 2.24) is 19.9 Å². The third-order valence-corrected chi connectivity index (χ3v) is 8.28. The molecule has 43 heavy (non-hydrogen) atoms. The molecule has 3 aliphatic rings. The summed E-state index contributed by atoms with van der Waals surface area (Å²) in [5, 5.41) is 43.8. The number of halogens is 3. The van der Waals surface area contributed by atoms with Crippen LogP contribution in [0, 0.1) is 17.6 Å². The third kappa shape index (κ3) is 6.78. The number of aliphatic hydroxyl groups is 3. The number of aliphatic hydroxyl groups excluding tert-OH is 3. The maximum absolute atomic E-state index is 14.5. The molecular weight excluding hydrogens is 592 g/mol. The van der Waals surface area contributed by atoms with Gasteiger partial charge in [0.05, 0.1) is 29.6 Å². The maximum atomic E-state index is 14.5. The van der Waals surface area contributed by atoms with Gasteiger partial charge in [0.15, 0.2) is 11.6 Å². The fourth-order valence-corrected chi connectivity index (χ4v) is 5.90. The molecular formula is C28H36ClF2N5O7. The molecule has 2 aromatic rings. The Morgan fingerprint density at radius 3 is 2.51 bits per heavy atom. The van der Waals surface area contributed by atoms with E-state index in [9.17, 15) is 28.9 Å². The minimum atomic E-state index is -1.39. The van der Waals surface area contributed by atoms with Gasteiger partial charge in [-0.15, -0.1) is 5.10 Å². The van der Waals surface area contributed by atoms with Gasteiger partial charge in [-0.3, -0.25) is 0 Å². The van der Waals surface area contributed by atoms with E-state index >= 15 is 0 Å². The number of carbonyl (C=O) groups excluding carboxylic acids is 1. The molecule has 0 saturated carbocycles. The van der Waals surface area contributed by atoms with Crippen LogP contribution in [0.25, 0.3) is 11.3 Å². The Labute approximate surface area is 252 Å². The van der Waals surface area contributed by atoms with Crippen LogP contribution in [0.15, 0.2) is 23.5 Å². The quantitative estimate of drug-likeness (QED) is 0.410. The number of hydrogen-bond acceptors (Lipinski definition) is 10. The molecule has 2 fully saturated rings. The minimum Gasteiger partial charge on any atom is -0.444 e. The lowest BCUT2D eigenvalue weighted by Gasteiger charge is -2.42. The van der Waals surface area contributed by atoms with Gasteiger partial charge in [-0.25, -0.2) is 18.3 Å². The highest BCUT2D eigenvalue weighted by Gasteiger charge is 2.47. The molecule has 0 aliphatic carbocycles. The molecule has 2 saturated heterocycles. The fraction of sp³-hybridized carbons (Fsp3) is 0.643. The van der Waals surface area contributed by atoms with Crippen molar-refractivity contribution in [3.8, 4) is 11.3 Å². The first kappa shape index (κ1) is 31.5. The molecule has 3 aliphatic heterocycles. The van der Waals surface area contributed by atoms with Crippen molar-refractivity contribution in [2.24, 2.45) is 11.1 Å². The molecule has 1 aromatic heterocycles. The second kappa shape index (κ2) is 12.6. The van der Waals surface area contributed by atoms with Gasteiger partial charge >= 0.3 is 6.09 Å². The first-order chi connectivity index (χ1) is 20.4. The smallest absolute Gasteiger partial charge is 0.410 e. The van der Waals surface area contributed by atoms with E-state index in [0.717, 1.165) is 10.4 Å². The lowest BCUT2D eigenvalue weighted by Crippen LogP contribution is -2.56. The highest BCUT2D eigenvalue weighted by Crippen LogP contribution is 2.36. The SMILES string of the molecule is CC(C)(C)OC(=O)N1CCC(C2=NOC(C[C@H]3O[C@H](CO)[C@H](O)[C@H](n4cc(-c5ccc(Cl)c(F)c5F)nn4)[C@H]3O)C2)CC1. The molecule has 0 bridgehead atoms. The van der Waals surface area contributed by atoms with Crippen LogP contribution in [0.1, 0.15) is 52.5 Å². The molecule has 236 valence electrons. The summed E-state index contributed by atoms with van der Waals surface area (Å²) in [6, 6.07) is 1.32. The molecule has 0 spiro atoms. The zero-order valence-electron chi connectivity index (χ0n) is 24.1. The zero-order chi connectivity index (χ0) is 31.1. The second-order valence-corrected chi connectivity index (χ2v) is 12.6. The summed E-state index contributed by atoms with van der Waals surface area (Å²) < 4.78 is 41.0. The van der Waals surface area contributed by atoms with E-state index in [1.807, 2.05) is 20.8 Å². The van der Waals surface area contributed by atoms with Crippen molar-refractivity contribution in [2.45, 2.75) is 88.6 Å². The fourth-order valence-electron chi connectivity index (χ4n) is 5.75. The molecule has 1 amide bonds. The van der Waals surface area contributed by atoms with E-state index in [0.29, 0.717) is 32.4 Å². The number of likely N-dealkylation sites (tertiary alicyclic amines) is 1. The molecule has 12 nitrogen and oxygen atoms in total. The van der Waals surface area contributed by atoms with Crippen molar-refractivity contribution in [1.29, 1.82) is 0 Å². The van der Waals surface area contributed by atoms with Crippen molar-refractivity contribution >= 4 is 23.4 Å². The molecule has 0 radical (unpaired) electrons. The van der Waals surface area contributed by atoms with Gasteiger partial charge in [0.2, 0.25) is 0 Å². The van der Waals surface area contributed by atoms with Crippen LogP contribution in [0.2, 0.25) is 5.02 Å². The number of piperidine rings is 1. The normalized spacial score (nSPS) is 28.5. The predicted molar refractivity (Wildman–Crippen MR) is 149 cm³/mol. The van der Waals surface area contributed by atoms with Gasteiger partial charge in [0.25, 0.3) is 0 Å². The van der Waals surface area contributed by atoms with E-state index in [-0.39, 0.29) is 34.7 Å². The Hall–Kier alpha value is -2.91. The Morgan fingerprint density at radius 1 is 1.14 bits per heavy atom. The van der Waals surface area contributed by atoms with Crippen LogP contribution in [-0.4, -0.2) is 103 Å².